The van der Waals surface area contributed by atoms with Gasteiger partial charge in [-0.2, -0.15) is 0 Å². The van der Waals surface area contributed by atoms with Crippen LogP contribution < -0.4 is 15.4 Å². The van der Waals surface area contributed by atoms with Crippen molar-refractivity contribution in [3.05, 3.63) is 65.2 Å². The lowest BCUT2D eigenvalue weighted by Crippen LogP contribution is -2.38. The van der Waals surface area contributed by atoms with Crippen molar-refractivity contribution in [2.24, 2.45) is 4.99 Å². The number of halogens is 1. The Bertz CT molecular complexity index is 760. The number of rotatable bonds is 8. The molecule has 0 radical (unpaired) electrons. The Morgan fingerprint density at radius 3 is 2.33 bits per heavy atom. The fraction of sp³-hybridized carbons (Fsp3) is 0.435. The molecule has 0 unspecified atom stereocenters. The van der Waals surface area contributed by atoms with E-state index in [1.165, 1.54) is 16.7 Å². The van der Waals surface area contributed by atoms with Crippen molar-refractivity contribution < 1.29 is 9.47 Å². The summed E-state index contributed by atoms with van der Waals surface area (Å²) in [6.45, 7) is 8.76. The van der Waals surface area contributed by atoms with Gasteiger partial charge >= 0.3 is 0 Å². The number of guanidine groups is 1. The normalized spacial score (nSPS) is 14.7. The van der Waals surface area contributed by atoms with Crippen LogP contribution in [0.1, 0.15) is 16.7 Å². The van der Waals surface area contributed by atoms with Crippen molar-refractivity contribution in [3.8, 4) is 5.75 Å². The van der Waals surface area contributed by atoms with Crippen LogP contribution in [0.15, 0.2) is 53.5 Å². The van der Waals surface area contributed by atoms with Crippen LogP contribution in [0.3, 0.4) is 0 Å². The van der Waals surface area contributed by atoms with Crippen LogP contribution in [-0.4, -0.2) is 57.4 Å². The molecule has 2 aromatic rings. The lowest BCUT2D eigenvalue weighted by molar-refractivity contribution is 0.0342. The minimum atomic E-state index is 0. The van der Waals surface area contributed by atoms with Crippen molar-refractivity contribution in [3.63, 3.8) is 0 Å². The van der Waals surface area contributed by atoms with Crippen LogP contribution in [0.4, 0.5) is 0 Å². The van der Waals surface area contributed by atoms with Gasteiger partial charge in [0.05, 0.1) is 19.8 Å². The lowest BCUT2D eigenvalue weighted by Gasteiger charge is -2.26. The van der Waals surface area contributed by atoms with E-state index >= 15 is 0 Å². The van der Waals surface area contributed by atoms with Crippen LogP contribution in [0, 0.1) is 6.92 Å². The van der Waals surface area contributed by atoms with Crippen LogP contribution in [0.5, 0.6) is 5.75 Å². The maximum Gasteiger partial charge on any atom is 0.191 e. The first-order valence-corrected chi connectivity index (χ1v) is 10.2. The summed E-state index contributed by atoms with van der Waals surface area (Å²) in [5, 5.41) is 6.63. The highest BCUT2D eigenvalue weighted by Crippen LogP contribution is 2.11. The molecule has 0 aromatic heterocycles. The SMILES string of the molecule is CN=C(NCCOc1ccc(C)cc1)NCc1ccc(CN2CCOCC2)cc1.I. The summed E-state index contributed by atoms with van der Waals surface area (Å²) in [4.78, 5) is 6.71. The molecule has 1 saturated heterocycles. The van der Waals surface area contributed by atoms with Gasteiger partial charge in [-0.05, 0) is 30.2 Å². The first-order chi connectivity index (χ1) is 14.2. The molecule has 0 aliphatic carbocycles. The Morgan fingerprint density at radius 2 is 1.67 bits per heavy atom. The molecule has 30 heavy (non-hydrogen) atoms. The van der Waals surface area contributed by atoms with Gasteiger partial charge in [0.15, 0.2) is 5.96 Å². The molecule has 0 spiro atoms. The standard InChI is InChI=1S/C23H32N4O2.HI/c1-19-3-9-22(10-4-19)29-14-11-25-23(24-2)26-17-20-5-7-21(8-6-20)18-27-12-15-28-16-13-27;/h3-10H,11-18H2,1-2H3,(H2,24,25,26);1H. The van der Waals surface area contributed by atoms with Gasteiger partial charge in [-0.25, -0.2) is 0 Å². The monoisotopic (exact) mass is 524 g/mol. The van der Waals surface area contributed by atoms with E-state index in [4.69, 9.17) is 9.47 Å². The quantitative estimate of drug-likeness (QED) is 0.241. The van der Waals surface area contributed by atoms with Crippen LogP contribution in [0.25, 0.3) is 0 Å². The number of hydrogen-bond acceptors (Lipinski definition) is 4. The van der Waals surface area contributed by atoms with Gasteiger partial charge < -0.3 is 20.1 Å². The van der Waals surface area contributed by atoms with E-state index in [-0.39, 0.29) is 24.0 Å². The number of ether oxygens (including phenoxy) is 2. The molecule has 7 heteroatoms. The zero-order valence-corrected chi connectivity index (χ0v) is 20.2. The second-order valence-electron chi connectivity index (χ2n) is 7.22. The third kappa shape index (κ3) is 8.49. The predicted octanol–water partition coefficient (Wildman–Crippen LogP) is 3.19. The maximum atomic E-state index is 5.74. The van der Waals surface area contributed by atoms with Crippen molar-refractivity contribution in [1.82, 2.24) is 15.5 Å². The molecule has 0 bridgehead atoms. The molecule has 1 aliphatic heterocycles. The summed E-state index contributed by atoms with van der Waals surface area (Å²) in [6, 6.07) is 16.9. The summed E-state index contributed by atoms with van der Waals surface area (Å²) in [5.74, 6) is 1.66. The van der Waals surface area contributed by atoms with Gasteiger partial charge in [-0.3, -0.25) is 9.89 Å². The summed E-state index contributed by atoms with van der Waals surface area (Å²) in [5.41, 5.74) is 3.80. The molecule has 0 saturated carbocycles. The molecule has 1 heterocycles. The summed E-state index contributed by atoms with van der Waals surface area (Å²) in [7, 11) is 1.78. The summed E-state index contributed by atoms with van der Waals surface area (Å²) >= 11 is 0. The summed E-state index contributed by atoms with van der Waals surface area (Å²) < 4.78 is 11.1. The van der Waals surface area contributed by atoms with Crippen LogP contribution >= 0.6 is 24.0 Å². The second-order valence-corrected chi connectivity index (χ2v) is 7.22. The minimum Gasteiger partial charge on any atom is -0.492 e. The Balaban J connectivity index is 0.00000320. The third-order valence-corrected chi connectivity index (χ3v) is 4.90. The largest absolute Gasteiger partial charge is 0.492 e. The van der Waals surface area contributed by atoms with Crippen molar-refractivity contribution in [2.75, 3.05) is 46.5 Å². The van der Waals surface area contributed by atoms with Crippen molar-refractivity contribution >= 4 is 29.9 Å². The fourth-order valence-electron chi connectivity index (χ4n) is 3.16. The highest BCUT2D eigenvalue weighted by atomic mass is 127. The third-order valence-electron chi connectivity index (χ3n) is 4.90. The highest BCUT2D eigenvalue weighted by Gasteiger charge is 2.10. The van der Waals surface area contributed by atoms with Gasteiger partial charge in [-0.1, -0.05) is 42.0 Å². The Hall–Kier alpha value is -1.84. The lowest BCUT2D eigenvalue weighted by atomic mass is 10.1. The molecule has 0 amide bonds. The molecule has 1 aliphatic rings. The summed E-state index contributed by atoms with van der Waals surface area (Å²) in [6.07, 6.45) is 0. The van der Waals surface area contributed by atoms with Gasteiger partial charge in [-0.15, -0.1) is 24.0 Å². The number of hydrogen-bond donors (Lipinski definition) is 2. The molecule has 0 atom stereocenters. The average Bonchev–Trinajstić information content (AvgIpc) is 2.76. The first-order valence-electron chi connectivity index (χ1n) is 10.2. The number of benzene rings is 2. The topological polar surface area (TPSA) is 58.1 Å². The maximum absolute atomic E-state index is 5.74. The van der Waals surface area contributed by atoms with E-state index in [2.05, 4.69) is 63.8 Å². The van der Waals surface area contributed by atoms with Crippen LogP contribution in [-0.2, 0) is 17.8 Å². The molecule has 3 rings (SSSR count). The smallest absolute Gasteiger partial charge is 0.191 e. The first kappa shape index (κ1) is 24.4. The molecule has 2 aromatic carbocycles. The Labute approximate surface area is 197 Å². The van der Waals surface area contributed by atoms with Gasteiger partial charge in [0.1, 0.15) is 12.4 Å². The number of nitrogens with zero attached hydrogens (tertiary/aromatic N) is 2. The molecular formula is C23H33IN4O2. The number of aliphatic imine (C=N–C) groups is 1. The van der Waals surface area contributed by atoms with E-state index in [0.717, 1.165) is 51.1 Å². The highest BCUT2D eigenvalue weighted by molar-refractivity contribution is 14.0. The van der Waals surface area contributed by atoms with E-state index in [0.29, 0.717) is 13.2 Å². The van der Waals surface area contributed by atoms with E-state index < -0.39 is 0 Å². The van der Waals surface area contributed by atoms with Crippen molar-refractivity contribution in [2.45, 2.75) is 20.0 Å². The number of nitrogens with one attached hydrogen (secondary N) is 2. The van der Waals surface area contributed by atoms with Gasteiger partial charge in [0.2, 0.25) is 0 Å². The molecular weight excluding hydrogens is 491 g/mol. The zero-order valence-electron chi connectivity index (χ0n) is 17.9. The Morgan fingerprint density at radius 1 is 1.00 bits per heavy atom. The predicted molar refractivity (Wildman–Crippen MR) is 133 cm³/mol. The molecule has 164 valence electrons. The van der Waals surface area contributed by atoms with Gasteiger partial charge in [0, 0.05) is 33.2 Å². The number of morpholine rings is 1. The zero-order chi connectivity index (χ0) is 20.3. The Kier molecular flexibility index (Phi) is 11.0. The van der Waals surface area contributed by atoms with E-state index in [1.807, 2.05) is 12.1 Å². The molecule has 1 fully saturated rings. The van der Waals surface area contributed by atoms with E-state index in [1.54, 1.807) is 7.05 Å². The average molecular weight is 524 g/mol. The number of aryl methyl sites for hydroxylation is 1. The minimum absolute atomic E-state index is 0. The van der Waals surface area contributed by atoms with Gasteiger partial charge in [0.25, 0.3) is 0 Å². The van der Waals surface area contributed by atoms with Crippen molar-refractivity contribution in [1.29, 1.82) is 0 Å². The molecule has 6 nitrogen and oxygen atoms in total. The second kappa shape index (κ2) is 13.5. The van der Waals surface area contributed by atoms with E-state index in [9.17, 15) is 0 Å². The molecule has 2 N–H and O–H groups in total. The fourth-order valence-corrected chi connectivity index (χ4v) is 3.16. The van der Waals surface area contributed by atoms with Crippen LogP contribution in [0.2, 0.25) is 0 Å².